The molecule has 5 nitrogen and oxygen atoms in total. The van der Waals surface area contributed by atoms with Gasteiger partial charge in [-0.1, -0.05) is 11.6 Å². The molecule has 1 saturated heterocycles. The first kappa shape index (κ1) is 14.7. The average Bonchev–Trinajstić information content (AvgIpc) is 2.96. The van der Waals surface area contributed by atoms with Gasteiger partial charge in [-0.25, -0.2) is 9.97 Å². The van der Waals surface area contributed by atoms with Gasteiger partial charge in [0.25, 0.3) is 0 Å². The van der Waals surface area contributed by atoms with Gasteiger partial charge in [-0.15, -0.1) is 11.3 Å². The number of thiophene rings is 1. The minimum absolute atomic E-state index is 0.251. The van der Waals surface area contributed by atoms with E-state index in [-0.39, 0.29) is 6.04 Å². The lowest BCUT2D eigenvalue weighted by Gasteiger charge is -2.38. The summed E-state index contributed by atoms with van der Waals surface area (Å²) in [5.41, 5.74) is 5.97. The molecule has 0 saturated carbocycles. The highest BCUT2D eigenvalue weighted by Crippen LogP contribution is 2.29. The minimum atomic E-state index is 0.251. The van der Waals surface area contributed by atoms with Crippen molar-refractivity contribution in [1.82, 2.24) is 14.9 Å². The van der Waals surface area contributed by atoms with E-state index in [2.05, 4.69) is 19.8 Å². The molecular weight excluding hydrogens is 306 g/mol. The molecule has 1 aliphatic heterocycles. The van der Waals surface area contributed by atoms with Crippen LogP contribution in [0.4, 0.5) is 5.95 Å². The van der Waals surface area contributed by atoms with Crippen LogP contribution in [-0.2, 0) is 0 Å². The molecule has 0 aromatic carbocycles. The van der Waals surface area contributed by atoms with Crippen molar-refractivity contribution in [2.45, 2.75) is 6.04 Å². The van der Waals surface area contributed by atoms with E-state index in [1.807, 2.05) is 17.5 Å². The third kappa shape index (κ3) is 3.35. The van der Waals surface area contributed by atoms with Gasteiger partial charge in [-0.2, -0.15) is 0 Å². The van der Waals surface area contributed by atoms with Crippen molar-refractivity contribution in [2.75, 3.05) is 37.6 Å². The quantitative estimate of drug-likeness (QED) is 0.932. The number of halogens is 1. The number of nitrogens with zero attached hydrogens (tertiary/aromatic N) is 4. The number of hydrogen-bond acceptors (Lipinski definition) is 6. The second kappa shape index (κ2) is 6.70. The van der Waals surface area contributed by atoms with Gasteiger partial charge in [0.15, 0.2) is 0 Å². The molecule has 2 N–H and O–H groups in total. The van der Waals surface area contributed by atoms with Crippen molar-refractivity contribution in [3.05, 3.63) is 39.8 Å². The topological polar surface area (TPSA) is 58.3 Å². The van der Waals surface area contributed by atoms with Gasteiger partial charge in [0.05, 0.1) is 11.1 Å². The van der Waals surface area contributed by atoms with E-state index < -0.39 is 0 Å². The van der Waals surface area contributed by atoms with Crippen LogP contribution in [0.2, 0.25) is 5.02 Å². The summed E-state index contributed by atoms with van der Waals surface area (Å²) < 4.78 is 0. The lowest BCUT2D eigenvalue weighted by atomic mass is 10.1. The molecule has 0 bridgehead atoms. The third-order valence-corrected chi connectivity index (χ3v) is 5.11. The lowest BCUT2D eigenvalue weighted by Crippen LogP contribution is -2.49. The monoisotopic (exact) mass is 323 g/mol. The molecule has 112 valence electrons. The number of nitrogens with two attached hydrogens (primary N) is 1. The maximum atomic E-state index is 6.03. The summed E-state index contributed by atoms with van der Waals surface area (Å²) >= 11 is 7.71. The number of hydrogen-bond donors (Lipinski definition) is 1. The standard InChI is InChI=1S/C14H18ClN5S/c15-11-8-13(21-10-11)12(9-16)19-4-6-20(7-5-19)14-17-2-1-3-18-14/h1-3,8,10,12H,4-7,9,16H2. The summed E-state index contributed by atoms with van der Waals surface area (Å²) in [4.78, 5) is 14.5. The summed E-state index contributed by atoms with van der Waals surface area (Å²) in [6, 6.07) is 4.11. The minimum Gasteiger partial charge on any atom is -0.338 e. The van der Waals surface area contributed by atoms with Crippen LogP contribution in [0.25, 0.3) is 0 Å². The Morgan fingerprint density at radius 3 is 2.52 bits per heavy atom. The van der Waals surface area contributed by atoms with Crippen molar-refractivity contribution < 1.29 is 0 Å². The number of piperazine rings is 1. The number of aromatic nitrogens is 2. The third-order valence-electron chi connectivity index (χ3n) is 3.73. The highest BCUT2D eigenvalue weighted by Gasteiger charge is 2.26. The van der Waals surface area contributed by atoms with Crippen LogP contribution in [0, 0.1) is 0 Å². The van der Waals surface area contributed by atoms with Crippen LogP contribution in [0.5, 0.6) is 0 Å². The first-order valence-electron chi connectivity index (χ1n) is 6.98. The molecule has 21 heavy (non-hydrogen) atoms. The second-order valence-electron chi connectivity index (χ2n) is 4.99. The predicted octanol–water partition coefficient (Wildman–Crippen LogP) is 2.01. The molecule has 0 radical (unpaired) electrons. The normalized spacial score (nSPS) is 17.9. The average molecular weight is 324 g/mol. The van der Waals surface area contributed by atoms with Crippen LogP contribution >= 0.6 is 22.9 Å². The molecule has 0 amide bonds. The summed E-state index contributed by atoms with van der Waals surface area (Å²) in [5.74, 6) is 0.806. The molecule has 3 heterocycles. The van der Waals surface area contributed by atoms with E-state index in [1.165, 1.54) is 4.88 Å². The SMILES string of the molecule is NCC(c1cc(Cl)cs1)N1CCN(c2ncccn2)CC1. The highest BCUT2D eigenvalue weighted by molar-refractivity contribution is 7.10. The van der Waals surface area contributed by atoms with E-state index in [0.717, 1.165) is 37.1 Å². The summed E-state index contributed by atoms with van der Waals surface area (Å²) in [6.45, 7) is 4.35. The van der Waals surface area contributed by atoms with Gasteiger partial charge in [0, 0.05) is 55.4 Å². The Labute approximate surface area is 133 Å². The Hall–Kier alpha value is -1.21. The first-order chi connectivity index (χ1) is 10.3. The molecular formula is C14H18ClN5S. The molecule has 3 rings (SSSR count). The number of rotatable bonds is 4. The summed E-state index contributed by atoms with van der Waals surface area (Å²) in [5, 5.41) is 2.76. The summed E-state index contributed by atoms with van der Waals surface area (Å²) in [6.07, 6.45) is 3.57. The van der Waals surface area contributed by atoms with Gasteiger partial charge in [-0.3, -0.25) is 4.90 Å². The predicted molar refractivity (Wildman–Crippen MR) is 86.9 cm³/mol. The van der Waals surface area contributed by atoms with Crippen LogP contribution < -0.4 is 10.6 Å². The molecule has 1 aliphatic rings. The fourth-order valence-corrected chi connectivity index (χ4v) is 3.87. The Kier molecular flexibility index (Phi) is 4.70. The van der Waals surface area contributed by atoms with E-state index in [4.69, 9.17) is 17.3 Å². The smallest absolute Gasteiger partial charge is 0.225 e. The molecule has 1 unspecified atom stereocenters. The molecule has 0 aliphatic carbocycles. The molecule has 7 heteroatoms. The van der Waals surface area contributed by atoms with Crippen LogP contribution in [0.15, 0.2) is 29.9 Å². The maximum absolute atomic E-state index is 6.03. The molecule has 0 spiro atoms. The number of anilines is 1. The summed E-state index contributed by atoms with van der Waals surface area (Å²) in [7, 11) is 0. The first-order valence-corrected chi connectivity index (χ1v) is 8.23. The van der Waals surface area contributed by atoms with Crippen LogP contribution in [0.3, 0.4) is 0 Å². The van der Waals surface area contributed by atoms with Gasteiger partial charge < -0.3 is 10.6 Å². The van der Waals surface area contributed by atoms with Crippen molar-refractivity contribution >= 4 is 28.9 Å². The van der Waals surface area contributed by atoms with Gasteiger partial charge in [0.2, 0.25) is 5.95 Å². The van der Waals surface area contributed by atoms with E-state index >= 15 is 0 Å². The molecule has 2 aromatic rings. The van der Waals surface area contributed by atoms with E-state index in [1.54, 1.807) is 23.7 Å². The highest BCUT2D eigenvalue weighted by atomic mass is 35.5. The Morgan fingerprint density at radius 1 is 1.24 bits per heavy atom. The molecule has 1 atom stereocenters. The van der Waals surface area contributed by atoms with Gasteiger partial charge in [0.1, 0.15) is 0 Å². The Bertz CT molecular complexity index is 568. The van der Waals surface area contributed by atoms with Gasteiger partial charge in [-0.05, 0) is 12.1 Å². The van der Waals surface area contributed by atoms with Crippen molar-refractivity contribution in [3.8, 4) is 0 Å². The van der Waals surface area contributed by atoms with Gasteiger partial charge >= 0.3 is 0 Å². The lowest BCUT2D eigenvalue weighted by molar-refractivity contribution is 0.192. The zero-order valence-electron chi connectivity index (χ0n) is 11.7. The zero-order chi connectivity index (χ0) is 14.7. The Balaban J connectivity index is 1.64. The second-order valence-corrected chi connectivity index (χ2v) is 6.37. The van der Waals surface area contributed by atoms with Crippen LogP contribution in [-0.4, -0.2) is 47.6 Å². The zero-order valence-corrected chi connectivity index (χ0v) is 13.2. The fourth-order valence-electron chi connectivity index (χ4n) is 2.64. The Morgan fingerprint density at radius 2 is 1.95 bits per heavy atom. The molecule has 1 fully saturated rings. The van der Waals surface area contributed by atoms with Crippen molar-refractivity contribution in [1.29, 1.82) is 0 Å². The van der Waals surface area contributed by atoms with E-state index in [0.29, 0.717) is 6.54 Å². The molecule has 2 aromatic heterocycles. The maximum Gasteiger partial charge on any atom is 0.225 e. The largest absolute Gasteiger partial charge is 0.338 e. The fraction of sp³-hybridized carbons (Fsp3) is 0.429. The van der Waals surface area contributed by atoms with Crippen LogP contribution in [0.1, 0.15) is 10.9 Å². The van der Waals surface area contributed by atoms with Crippen molar-refractivity contribution in [3.63, 3.8) is 0 Å². The van der Waals surface area contributed by atoms with E-state index in [9.17, 15) is 0 Å². The van der Waals surface area contributed by atoms with Crippen molar-refractivity contribution in [2.24, 2.45) is 5.73 Å².